The molecule has 2 aromatic heterocycles. The molecule has 3 heterocycles. The Hall–Kier alpha value is -1.51. The van der Waals surface area contributed by atoms with Crippen molar-refractivity contribution in [2.45, 2.75) is 25.6 Å². The number of hydrogen-bond acceptors (Lipinski definition) is 7. The third-order valence-corrected chi connectivity index (χ3v) is 6.62. The third-order valence-electron chi connectivity index (χ3n) is 4.40. The van der Waals surface area contributed by atoms with Gasteiger partial charge in [0.2, 0.25) is 0 Å². The van der Waals surface area contributed by atoms with E-state index in [9.17, 15) is 5.11 Å². The van der Waals surface area contributed by atoms with E-state index >= 15 is 0 Å². The van der Waals surface area contributed by atoms with Crippen LogP contribution in [0.3, 0.4) is 0 Å². The Morgan fingerprint density at radius 1 is 1.32 bits per heavy atom. The van der Waals surface area contributed by atoms with Gasteiger partial charge in [-0.25, -0.2) is 4.98 Å². The van der Waals surface area contributed by atoms with E-state index in [2.05, 4.69) is 34.1 Å². The van der Waals surface area contributed by atoms with Gasteiger partial charge in [0, 0.05) is 23.4 Å². The van der Waals surface area contributed by atoms with Gasteiger partial charge in [-0.15, -0.1) is 22.7 Å². The zero-order valence-electron chi connectivity index (χ0n) is 14.1. The zero-order valence-corrected chi connectivity index (χ0v) is 15.8. The van der Waals surface area contributed by atoms with Gasteiger partial charge in [-0.2, -0.15) is 0 Å². The molecule has 0 aliphatic carbocycles. The van der Waals surface area contributed by atoms with Crippen LogP contribution in [0.5, 0.6) is 0 Å². The van der Waals surface area contributed by atoms with Crippen LogP contribution in [-0.4, -0.2) is 36.5 Å². The number of fused-ring (bicyclic) bond motifs is 2. The van der Waals surface area contributed by atoms with Gasteiger partial charge in [-0.05, 0) is 44.3 Å². The molecule has 0 fully saturated rings. The standard InChI is InChI=1S/C18H22N4OS2/c1-19-8-7-15(23)22-18-16(11-6-9-20-10-14(11)25-18)17-21-12-4-2-3-5-13(12)24-17/h2-5,15,19-20,22-23H,6-10H2,1H3. The highest BCUT2D eigenvalue weighted by Crippen LogP contribution is 2.44. The predicted octanol–water partition coefficient (Wildman–Crippen LogP) is 3.01. The Morgan fingerprint density at radius 2 is 2.20 bits per heavy atom. The van der Waals surface area contributed by atoms with Crippen molar-refractivity contribution in [1.82, 2.24) is 15.6 Å². The molecule has 0 saturated heterocycles. The van der Waals surface area contributed by atoms with Crippen LogP contribution in [0.2, 0.25) is 0 Å². The summed E-state index contributed by atoms with van der Waals surface area (Å²) in [4.78, 5) is 6.21. The highest BCUT2D eigenvalue weighted by molar-refractivity contribution is 7.22. The summed E-state index contributed by atoms with van der Waals surface area (Å²) in [5.74, 6) is 0. The fourth-order valence-electron chi connectivity index (χ4n) is 3.15. The first kappa shape index (κ1) is 16.9. The Bertz CT molecular complexity index is 840. The number of nitrogens with zero attached hydrogens (tertiary/aromatic N) is 1. The van der Waals surface area contributed by atoms with Crippen LogP contribution in [-0.2, 0) is 13.0 Å². The lowest BCUT2D eigenvalue weighted by Gasteiger charge is -2.15. The molecular formula is C18H22N4OS2. The maximum absolute atomic E-state index is 10.3. The maximum atomic E-state index is 10.3. The quantitative estimate of drug-likeness (QED) is 0.500. The monoisotopic (exact) mass is 374 g/mol. The maximum Gasteiger partial charge on any atom is 0.127 e. The van der Waals surface area contributed by atoms with E-state index in [1.54, 1.807) is 22.7 Å². The number of thiophene rings is 1. The number of anilines is 1. The first-order chi connectivity index (χ1) is 12.3. The molecule has 7 heteroatoms. The molecule has 25 heavy (non-hydrogen) atoms. The first-order valence-corrected chi connectivity index (χ1v) is 10.2. The van der Waals surface area contributed by atoms with Crippen molar-refractivity contribution in [3.05, 3.63) is 34.7 Å². The average molecular weight is 375 g/mol. The van der Waals surface area contributed by atoms with Gasteiger partial charge in [-0.3, -0.25) is 0 Å². The first-order valence-electron chi connectivity index (χ1n) is 8.56. The number of hydrogen-bond donors (Lipinski definition) is 4. The van der Waals surface area contributed by atoms with Crippen molar-refractivity contribution in [2.24, 2.45) is 0 Å². The second-order valence-corrected chi connectivity index (χ2v) is 8.31. The van der Waals surface area contributed by atoms with E-state index in [0.717, 1.165) is 41.6 Å². The lowest BCUT2D eigenvalue weighted by Crippen LogP contribution is -2.23. The molecule has 0 amide bonds. The molecule has 1 unspecified atom stereocenters. The number of aliphatic hydroxyl groups is 1. The van der Waals surface area contributed by atoms with Gasteiger partial charge < -0.3 is 21.1 Å². The minimum atomic E-state index is -0.561. The van der Waals surface area contributed by atoms with Crippen LogP contribution < -0.4 is 16.0 Å². The Labute approximate surface area is 155 Å². The van der Waals surface area contributed by atoms with Crippen LogP contribution in [0.1, 0.15) is 16.9 Å². The van der Waals surface area contributed by atoms with Crippen molar-refractivity contribution in [1.29, 1.82) is 0 Å². The van der Waals surface area contributed by atoms with Gasteiger partial charge in [-0.1, -0.05) is 12.1 Å². The molecule has 4 rings (SSSR count). The van der Waals surface area contributed by atoms with Crippen molar-refractivity contribution in [2.75, 3.05) is 25.5 Å². The topological polar surface area (TPSA) is 69.2 Å². The Balaban J connectivity index is 1.75. The van der Waals surface area contributed by atoms with E-state index in [4.69, 9.17) is 4.98 Å². The molecule has 1 atom stereocenters. The Morgan fingerprint density at radius 3 is 3.04 bits per heavy atom. The highest BCUT2D eigenvalue weighted by atomic mass is 32.1. The predicted molar refractivity (Wildman–Crippen MR) is 107 cm³/mol. The number of nitrogens with one attached hydrogen (secondary N) is 3. The van der Waals surface area contributed by atoms with Gasteiger partial charge in [0.25, 0.3) is 0 Å². The molecule has 0 bridgehead atoms. The summed E-state index contributed by atoms with van der Waals surface area (Å²) in [6.45, 7) is 2.66. The summed E-state index contributed by atoms with van der Waals surface area (Å²) in [7, 11) is 1.90. The van der Waals surface area contributed by atoms with Crippen LogP contribution in [0.25, 0.3) is 20.8 Å². The molecule has 0 saturated carbocycles. The van der Waals surface area contributed by atoms with E-state index in [-0.39, 0.29) is 0 Å². The summed E-state index contributed by atoms with van der Waals surface area (Å²) in [5.41, 5.74) is 3.61. The molecule has 0 spiro atoms. The Kier molecular flexibility index (Phi) is 5.00. The number of aliphatic hydroxyl groups excluding tert-OH is 1. The molecular weight excluding hydrogens is 352 g/mol. The van der Waals surface area contributed by atoms with Crippen LogP contribution in [0.15, 0.2) is 24.3 Å². The highest BCUT2D eigenvalue weighted by Gasteiger charge is 2.24. The number of benzene rings is 1. The summed E-state index contributed by atoms with van der Waals surface area (Å²) < 4.78 is 1.20. The van der Waals surface area contributed by atoms with Crippen molar-refractivity contribution < 1.29 is 5.11 Å². The van der Waals surface area contributed by atoms with Crippen LogP contribution >= 0.6 is 22.7 Å². The third kappa shape index (κ3) is 3.43. The number of rotatable bonds is 6. The second kappa shape index (κ2) is 7.39. The van der Waals surface area contributed by atoms with Gasteiger partial charge in [0.15, 0.2) is 0 Å². The van der Waals surface area contributed by atoms with Crippen LogP contribution in [0, 0.1) is 0 Å². The SMILES string of the molecule is CNCCC(O)Nc1sc2c(c1-c1nc3ccccc3s1)CCNC2. The zero-order chi connectivity index (χ0) is 17.2. The lowest BCUT2D eigenvalue weighted by molar-refractivity contribution is 0.193. The van der Waals surface area contributed by atoms with Crippen molar-refractivity contribution >= 4 is 37.9 Å². The van der Waals surface area contributed by atoms with Gasteiger partial charge in [0.1, 0.15) is 16.2 Å². The van der Waals surface area contributed by atoms with E-state index in [1.807, 2.05) is 13.1 Å². The van der Waals surface area contributed by atoms with Crippen molar-refractivity contribution in [3.63, 3.8) is 0 Å². The number of thiazole rings is 1. The summed E-state index contributed by atoms with van der Waals surface area (Å²) in [6, 6.07) is 8.26. The minimum Gasteiger partial charge on any atom is -0.374 e. The normalized spacial score (nSPS) is 15.3. The van der Waals surface area contributed by atoms with E-state index in [0.29, 0.717) is 6.42 Å². The van der Waals surface area contributed by atoms with Gasteiger partial charge in [0.05, 0.1) is 10.2 Å². The number of para-hydroxylation sites is 1. The fourth-order valence-corrected chi connectivity index (χ4v) is 5.52. The fraction of sp³-hybridized carbons (Fsp3) is 0.389. The molecule has 0 radical (unpaired) electrons. The summed E-state index contributed by atoms with van der Waals surface area (Å²) in [5, 5.41) is 22.3. The second-order valence-electron chi connectivity index (χ2n) is 6.17. The van der Waals surface area contributed by atoms with Crippen molar-refractivity contribution in [3.8, 4) is 10.6 Å². The molecule has 1 aliphatic rings. The lowest BCUT2D eigenvalue weighted by atomic mass is 10.0. The summed E-state index contributed by atoms with van der Waals surface area (Å²) in [6.07, 6.45) is 1.11. The van der Waals surface area contributed by atoms with E-state index < -0.39 is 6.23 Å². The molecule has 4 N–H and O–H groups in total. The average Bonchev–Trinajstić information content (AvgIpc) is 3.20. The molecule has 1 aliphatic heterocycles. The van der Waals surface area contributed by atoms with Crippen LogP contribution in [0.4, 0.5) is 5.00 Å². The van der Waals surface area contributed by atoms with Gasteiger partial charge >= 0.3 is 0 Å². The molecule has 3 aromatic rings. The molecule has 132 valence electrons. The largest absolute Gasteiger partial charge is 0.374 e. The van der Waals surface area contributed by atoms with E-state index in [1.165, 1.54) is 20.7 Å². The molecule has 5 nitrogen and oxygen atoms in total. The minimum absolute atomic E-state index is 0.561. The number of aromatic nitrogens is 1. The smallest absolute Gasteiger partial charge is 0.127 e. The molecule has 1 aromatic carbocycles. The summed E-state index contributed by atoms with van der Waals surface area (Å²) >= 11 is 3.47.